The van der Waals surface area contributed by atoms with Crippen LogP contribution in [-0.4, -0.2) is 21.3 Å². The van der Waals surface area contributed by atoms with Crippen LogP contribution in [0.5, 0.6) is 5.75 Å². The van der Waals surface area contributed by atoms with E-state index >= 15 is 0 Å². The van der Waals surface area contributed by atoms with Crippen LogP contribution in [0.3, 0.4) is 0 Å². The molecule has 0 amide bonds. The molecule has 1 aliphatic carbocycles. The van der Waals surface area contributed by atoms with Crippen molar-refractivity contribution in [2.75, 3.05) is 5.75 Å². The van der Waals surface area contributed by atoms with E-state index in [1.165, 1.54) is 36.4 Å². The summed E-state index contributed by atoms with van der Waals surface area (Å²) in [7, 11) is 0. The number of benzene rings is 1. The van der Waals surface area contributed by atoms with Gasteiger partial charge in [-0.1, -0.05) is 30.0 Å². The smallest absolute Gasteiger partial charge is 0.244 e. The van der Waals surface area contributed by atoms with Gasteiger partial charge in [-0.05, 0) is 61.2 Å². The van der Waals surface area contributed by atoms with Crippen LogP contribution in [0.4, 0.5) is 0 Å². The lowest BCUT2D eigenvalue weighted by Crippen LogP contribution is -2.10. The third kappa shape index (κ3) is 4.52. The summed E-state index contributed by atoms with van der Waals surface area (Å²) in [4.78, 5) is 16.4. The SMILES string of the molecule is C=CCSC1=NC(=Cc2cccc(OC3CCCC3)c2)C(=O)S1. The summed E-state index contributed by atoms with van der Waals surface area (Å²) in [6.45, 7) is 3.68. The van der Waals surface area contributed by atoms with Gasteiger partial charge in [-0.15, -0.1) is 6.58 Å². The number of rotatable bonds is 5. The second-order valence-corrected chi connectivity index (χ2v) is 7.72. The van der Waals surface area contributed by atoms with Crippen LogP contribution in [0.2, 0.25) is 0 Å². The van der Waals surface area contributed by atoms with E-state index < -0.39 is 0 Å². The average Bonchev–Trinajstić information content (AvgIpc) is 3.16. The van der Waals surface area contributed by atoms with Crippen molar-refractivity contribution in [1.29, 1.82) is 0 Å². The third-order valence-corrected chi connectivity index (χ3v) is 5.70. The molecule has 0 radical (unpaired) electrons. The zero-order valence-corrected chi connectivity index (χ0v) is 14.5. The van der Waals surface area contributed by atoms with Crippen molar-refractivity contribution in [3.8, 4) is 5.75 Å². The van der Waals surface area contributed by atoms with Crippen LogP contribution in [-0.2, 0) is 4.79 Å². The predicted octanol–water partition coefficient (Wildman–Crippen LogP) is 4.90. The first-order valence-corrected chi connectivity index (χ1v) is 9.58. The Balaban J connectivity index is 1.72. The molecule has 1 heterocycles. The number of ether oxygens (including phenoxy) is 1. The molecule has 3 nitrogen and oxygen atoms in total. The molecule has 23 heavy (non-hydrogen) atoms. The maximum Gasteiger partial charge on any atom is 0.244 e. The normalized spacial score (nSPS) is 20.1. The zero-order valence-electron chi connectivity index (χ0n) is 12.9. The van der Waals surface area contributed by atoms with E-state index in [1.54, 1.807) is 0 Å². The summed E-state index contributed by atoms with van der Waals surface area (Å²) in [5, 5.41) is -0.00123. The van der Waals surface area contributed by atoms with E-state index in [9.17, 15) is 4.79 Å². The van der Waals surface area contributed by atoms with E-state index in [0.29, 0.717) is 11.8 Å². The lowest BCUT2D eigenvalue weighted by atomic mass is 10.2. The van der Waals surface area contributed by atoms with E-state index in [0.717, 1.165) is 34.3 Å². The van der Waals surface area contributed by atoms with Gasteiger partial charge in [-0.3, -0.25) is 4.79 Å². The molecule has 1 saturated carbocycles. The number of carbonyl (C=O) groups excluding carboxylic acids is 1. The van der Waals surface area contributed by atoms with Crippen LogP contribution in [0, 0.1) is 0 Å². The summed E-state index contributed by atoms with van der Waals surface area (Å²) >= 11 is 2.73. The molecule has 0 N–H and O–H groups in total. The first kappa shape index (κ1) is 16.4. The summed E-state index contributed by atoms with van der Waals surface area (Å²) in [5.41, 5.74) is 1.45. The molecule has 5 heteroatoms. The Hall–Kier alpha value is -1.46. The van der Waals surface area contributed by atoms with E-state index in [1.807, 2.05) is 36.4 Å². The number of carbonyl (C=O) groups is 1. The Morgan fingerprint density at radius 1 is 1.39 bits per heavy atom. The van der Waals surface area contributed by atoms with Crippen molar-refractivity contribution in [1.82, 2.24) is 0 Å². The minimum atomic E-state index is -0.00123. The fraction of sp³-hybridized carbons (Fsp3) is 0.333. The highest BCUT2D eigenvalue weighted by Gasteiger charge is 2.22. The fourth-order valence-corrected chi connectivity index (χ4v) is 4.22. The first-order chi connectivity index (χ1) is 11.2. The summed E-state index contributed by atoms with van der Waals surface area (Å²) in [5.74, 6) is 1.63. The molecular weight excluding hydrogens is 326 g/mol. The molecule has 0 unspecified atom stereocenters. The quantitative estimate of drug-likeness (QED) is 0.562. The van der Waals surface area contributed by atoms with Gasteiger partial charge in [0.15, 0.2) is 0 Å². The Bertz CT molecular complexity index is 661. The molecule has 1 aromatic rings. The highest BCUT2D eigenvalue weighted by atomic mass is 32.2. The second-order valence-electron chi connectivity index (χ2n) is 5.49. The fourth-order valence-electron chi connectivity index (χ4n) is 2.62. The number of thioether (sulfide) groups is 2. The van der Waals surface area contributed by atoms with E-state index in [4.69, 9.17) is 4.74 Å². The maximum absolute atomic E-state index is 12.0. The molecule has 1 aromatic carbocycles. The minimum Gasteiger partial charge on any atom is -0.490 e. The van der Waals surface area contributed by atoms with E-state index in [2.05, 4.69) is 11.6 Å². The van der Waals surface area contributed by atoms with Crippen molar-refractivity contribution < 1.29 is 9.53 Å². The Morgan fingerprint density at radius 2 is 2.22 bits per heavy atom. The number of hydrogen-bond donors (Lipinski definition) is 0. The molecule has 2 aliphatic rings. The van der Waals surface area contributed by atoms with Crippen molar-refractivity contribution in [3.05, 3.63) is 48.2 Å². The van der Waals surface area contributed by atoms with Crippen LogP contribution < -0.4 is 4.74 Å². The zero-order chi connectivity index (χ0) is 16.1. The molecule has 1 fully saturated rings. The van der Waals surface area contributed by atoms with Crippen molar-refractivity contribution >= 4 is 39.1 Å². The molecule has 0 spiro atoms. The van der Waals surface area contributed by atoms with Gasteiger partial charge in [-0.25, -0.2) is 4.99 Å². The molecule has 0 saturated heterocycles. The first-order valence-electron chi connectivity index (χ1n) is 7.77. The summed E-state index contributed by atoms with van der Waals surface area (Å²) in [6.07, 6.45) is 8.74. The summed E-state index contributed by atoms with van der Waals surface area (Å²) in [6, 6.07) is 7.88. The lowest BCUT2D eigenvalue weighted by molar-refractivity contribution is -0.107. The van der Waals surface area contributed by atoms with Crippen LogP contribution in [0.1, 0.15) is 31.2 Å². The summed E-state index contributed by atoms with van der Waals surface area (Å²) < 4.78 is 6.80. The molecule has 3 rings (SSSR count). The molecule has 0 bridgehead atoms. The van der Waals surface area contributed by atoms with Gasteiger partial charge in [0, 0.05) is 5.75 Å². The topological polar surface area (TPSA) is 38.7 Å². The van der Waals surface area contributed by atoms with Gasteiger partial charge in [0.05, 0.1) is 6.10 Å². The highest BCUT2D eigenvalue weighted by Crippen LogP contribution is 2.31. The van der Waals surface area contributed by atoms with E-state index in [-0.39, 0.29) is 5.12 Å². The molecule has 120 valence electrons. The Labute approximate surface area is 145 Å². The van der Waals surface area contributed by atoms with Crippen LogP contribution >= 0.6 is 23.5 Å². The molecular formula is C18H19NO2S2. The predicted molar refractivity (Wildman–Crippen MR) is 100.0 cm³/mol. The standard InChI is InChI=1S/C18H19NO2S2/c1-2-10-22-18-19-16(17(20)23-18)12-13-6-5-9-15(11-13)21-14-7-3-4-8-14/h2,5-6,9,11-12,14H,1,3-4,7-8,10H2. The van der Waals surface area contributed by atoms with Gasteiger partial charge in [-0.2, -0.15) is 0 Å². The molecule has 0 atom stereocenters. The minimum absolute atomic E-state index is 0.00123. The number of nitrogens with zero attached hydrogens (tertiary/aromatic N) is 1. The van der Waals surface area contributed by atoms with Gasteiger partial charge < -0.3 is 4.74 Å². The Kier molecular flexibility index (Phi) is 5.62. The lowest BCUT2D eigenvalue weighted by Gasteiger charge is -2.13. The van der Waals surface area contributed by atoms with Gasteiger partial charge in [0.2, 0.25) is 5.12 Å². The second kappa shape index (κ2) is 7.88. The van der Waals surface area contributed by atoms with Crippen molar-refractivity contribution in [3.63, 3.8) is 0 Å². The monoisotopic (exact) mass is 345 g/mol. The van der Waals surface area contributed by atoms with Crippen molar-refractivity contribution in [2.45, 2.75) is 31.8 Å². The third-order valence-electron chi connectivity index (χ3n) is 3.69. The van der Waals surface area contributed by atoms with Crippen molar-refractivity contribution in [2.24, 2.45) is 4.99 Å². The largest absolute Gasteiger partial charge is 0.490 e. The molecule has 1 aliphatic heterocycles. The number of hydrogen-bond acceptors (Lipinski definition) is 5. The van der Waals surface area contributed by atoms with Gasteiger partial charge >= 0.3 is 0 Å². The van der Waals surface area contributed by atoms with Gasteiger partial charge in [0.25, 0.3) is 0 Å². The molecule has 0 aromatic heterocycles. The maximum atomic E-state index is 12.0. The average molecular weight is 345 g/mol. The number of aliphatic imine (C=N–C) groups is 1. The Morgan fingerprint density at radius 3 is 3.00 bits per heavy atom. The van der Waals surface area contributed by atoms with Crippen LogP contribution in [0.25, 0.3) is 6.08 Å². The van der Waals surface area contributed by atoms with Gasteiger partial charge in [0.1, 0.15) is 15.8 Å². The highest BCUT2D eigenvalue weighted by molar-refractivity contribution is 8.45. The van der Waals surface area contributed by atoms with Crippen LogP contribution in [0.15, 0.2) is 47.6 Å².